The minimum Gasteiger partial charge on any atom is -0.369 e. The first kappa shape index (κ1) is 18.2. The van der Waals surface area contributed by atoms with Gasteiger partial charge in [0.2, 0.25) is 0 Å². The summed E-state index contributed by atoms with van der Waals surface area (Å²) >= 11 is 6.07. The molecule has 0 spiro atoms. The van der Waals surface area contributed by atoms with Crippen molar-refractivity contribution in [3.8, 4) is 11.1 Å². The number of nitrogens with one attached hydrogen (secondary N) is 1. The Morgan fingerprint density at radius 3 is 2.52 bits per heavy atom. The van der Waals surface area contributed by atoms with Gasteiger partial charge in [0.15, 0.2) is 0 Å². The van der Waals surface area contributed by atoms with E-state index >= 15 is 0 Å². The van der Waals surface area contributed by atoms with Gasteiger partial charge in [0.1, 0.15) is 0 Å². The van der Waals surface area contributed by atoms with Crippen LogP contribution >= 0.6 is 11.6 Å². The molecule has 0 bridgehead atoms. The summed E-state index contributed by atoms with van der Waals surface area (Å²) in [7, 11) is 0. The molecule has 0 saturated carbocycles. The van der Waals surface area contributed by atoms with Crippen molar-refractivity contribution in [3.63, 3.8) is 0 Å². The van der Waals surface area contributed by atoms with E-state index in [1.165, 1.54) is 22.4 Å². The molecule has 4 nitrogen and oxygen atoms in total. The van der Waals surface area contributed by atoms with E-state index in [2.05, 4.69) is 74.6 Å². The highest BCUT2D eigenvalue weighted by atomic mass is 35.5. The number of halogens is 1. The van der Waals surface area contributed by atoms with Gasteiger partial charge in [-0.2, -0.15) is 5.10 Å². The van der Waals surface area contributed by atoms with Crippen molar-refractivity contribution in [2.75, 3.05) is 31.1 Å². The Labute approximate surface area is 175 Å². The van der Waals surface area contributed by atoms with Crippen molar-refractivity contribution in [1.82, 2.24) is 15.1 Å². The lowest BCUT2D eigenvalue weighted by atomic mass is 9.99. The van der Waals surface area contributed by atoms with Crippen LogP contribution in [0.25, 0.3) is 22.0 Å². The monoisotopic (exact) mass is 402 g/mol. The lowest BCUT2D eigenvalue weighted by molar-refractivity contribution is 0.250. The fraction of sp³-hybridized carbons (Fsp3) is 0.208. The predicted molar refractivity (Wildman–Crippen MR) is 120 cm³/mol. The van der Waals surface area contributed by atoms with Crippen LogP contribution in [0.3, 0.4) is 0 Å². The Balaban J connectivity index is 1.28. The lowest BCUT2D eigenvalue weighted by Gasteiger charge is -2.36. The summed E-state index contributed by atoms with van der Waals surface area (Å²) in [6.45, 7) is 5.13. The van der Waals surface area contributed by atoms with E-state index in [0.29, 0.717) is 0 Å². The maximum atomic E-state index is 6.07. The molecule has 146 valence electrons. The summed E-state index contributed by atoms with van der Waals surface area (Å²) < 4.78 is 0. The molecule has 0 atom stereocenters. The van der Waals surface area contributed by atoms with E-state index in [-0.39, 0.29) is 0 Å². The molecule has 3 aromatic carbocycles. The van der Waals surface area contributed by atoms with Crippen LogP contribution in [0.2, 0.25) is 5.02 Å². The summed E-state index contributed by atoms with van der Waals surface area (Å²) in [5.41, 5.74) is 6.24. The number of fused-ring (bicyclic) bond motifs is 1. The largest absolute Gasteiger partial charge is 0.369 e. The molecule has 1 fully saturated rings. The highest BCUT2D eigenvalue weighted by Gasteiger charge is 2.19. The van der Waals surface area contributed by atoms with Crippen LogP contribution in [0.4, 0.5) is 5.69 Å². The number of hydrogen-bond acceptors (Lipinski definition) is 3. The molecule has 2 heterocycles. The SMILES string of the molecule is Clc1ccc(-c2ccccc2CN2CCN(c3ccc4cn[nH]c4c3)CC2)cc1. The molecule has 0 amide bonds. The summed E-state index contributed by atoms with van der Waals surface area (Å²) in [5, 5.41) is 9.13. The summed E-state index contributed by atoms with van der Waals surface area (Å²) in [6.07, 6.45) is 1.87. The maximum absolute atomic E-state index is 6.07. The van der Waals surface area contributed by atoms with Gasteiger partial charge in [0, 0.05) is 48.8 Å². The van der Waals surface area contributed by atoms with E-state index in [1.54, 1.807) is 0 Å². The molecule has 1 aliphatic heterocycles. The number of H-pyrrole nitrogens is 1. The van der Waals surface area contributed by atoms with Crippen molar-refractivity contribution in [2.45, 2.75) is 6.54 Å². The van der Waals surface area contributed by atoms with E-state index in [0.717, 1.165) is 48.6 Å². The normalized spacial score (nSPS) is 15.1. The summed E-state index contributed by atoms with van der Waals surface area (Å²) in [4.78, 5) is 5.00. The Bertz CT molecular complexity index is 1110. The Kier molecular flexibility index (Phi) is 4.96. The van der Waals surface area contributed by atoms with Crippen molar-refractivity contribution >= 4 is 28.2 Å². The Morgan fingerprint density at radius 1 is 0.897 bits per heavy atom. The molecule has 1 aromatic heterocycles. The number of nitrogens with zero attached hydrogens (tertiary/aromatic N) is 3. The first-order valence-corrected chi connectivity index (χ1v) is 10.4. The molecule has 1 N–H and O–H groups in total. The third-order valence-electron chi connectivity index (χ3n) is 5.73. The fourth-order valence-electron chi connectivity index (χ4n) is 4.10. The van der Waals surface area contributed by atoms with Crippen LogP contribution in [0.1, 0.15) is 5.56 Å². The number of aromatic nitrogens is 2. The first-order chi connectivity index (χ1) is 14.3. The highest BCUT2D eigenvalue weighted by Crippen LogP contribution is 2.27. The third-order valence-corrected chi connectivity index (χ3v) is 5.98. The van der Waals surface area contributed by atoms with Gasteiger partial charge in [0.25, 0.3) is 0 Å². The second-order valence-corrected chi connectivity index (χ2v) is 8.01. The average Bonchev–Trinajstić information content (AvgIpc) is 3.23. The number of aromatic amines is 1. The van der Waals surface area contributed by atoms with E-state index < -0.39 is 0 Å². The van der Waals surface area contributed by atoms with Crippen molar-refractivity contribution in [2.24, 2.45) is 0 Å². The zero-order chi connectivity index (χ0) is 19.6. The van der Waals surface area contributed by atoms with Crippen LogP contribution in [0.5, 0.6) is 0 Å². The van der Waals surface area contributed by atoms with Gasteiger partial charge in [0.05, 0.1) is 11.7 Å². The van der Waals surface area contributed by atoms with Gasteiger partial charge in [-0.15, -0.1) is 0 Å². The van der Waals surface area contributed by atoms with Crippen molar-refractivity contribution < 1.29 is 0 Å². The maximum Gasteiger partial charge on any atom is 0.0670 e. The van der Waals surface area contributed by atoms with Gasteiger partial charge >= 0.3 is 0 Å². The zero-order valence-electron chi connectivity index (χ0n) is 16.2. The summed E-state index contributed by atoms with van der Waals surface area (Å²) in [5.74, 6) is 0. The molecule has 5 heteroatoms. The first-order valence-electron chi connectivity index (χ1n) is 10.0. The van der Waals surface area contributed by atoms with Crippen LogP contribution < -0.4 is 4.90 Å². The lowest BCUT2D eigenvalue weighted by Crippen LogP contribution is -2.46. The Morgan fingerprint density at radius 2 is 1.69 bits per heavy atom. The highest BCUT2D eigenvalue weighted by molar-refractivity contribution is 6.30. The topological polar surface area (TPSA) is 35.2 Å². The quantitative estimate of drug-likeness (QED) is 0.509. The van der Waals surface area contributed by atoms with Crippen molar-refractivity contribution in [3.05, 3.63) is 83.5 Å². The summed E-state index contributed by atoms with van der Waals surface area (Å²) in [6, 6.07) is 23.3. The molecule has 0 unspecified atom stereocenters. The van der Waals surface area contributed by atoms with Crippen molar-refractivity contribution in [1.29, 1.82) is 0 Å². The van der Waals surface area contributed by atoms with Gasteiger partial charge < -0.3 is 4.90 Å². The van der Waals surface area contributed by atoms with Gasteiger partial charge in [-0.05, 0) is 47.0 Å². The molecule has 4 aromatic rings. The molecule has 0 radical (unpaired) electrons. The average molecular weight is 403 g/mol. The standard InChI is InChI=1S/C24H23ClN4/c25-21-8-5-18(6-9-21)23-4-2-1-3-20(23)17-28-11-13-29(14-12-28)22-10-7-19-16-26-27-24(19)15-22/h1-10,15-16H,11-14,17H2,(H,26,27). The van der Waals surface area contributed by atoms with Crippen LogP contribution in [-0.2, 0) is 6.54 Å². The number of hydrogen-bond donors (Lipinski definition) is 1. The number of benzene rings is 3. The minimum atomic E-state index is 0.774. The van der Waals surface area contributed by atoms with Gasteiger partial charge in [-0.25, -0.2) is 0 Å². The molecule has 5 rings (SSSR count). The second-order valence-electron chi connectivity index (χ2n) is 7.57. The molecular weight excluding hydrogens is 380 g/mol. The van der Waals surface area contributed by atoms with E-state index in [4.69, 9.17) is 11.6 Å². The fourth-order valence-corrected chi connectivity index (χ4v) is 4.22. The van der Waals surface area contributed by atoms with E-state index in [9.17, 15) is 0 Å². The predicted octanol–water partition coefficient (Wildman–Crippen LogP) is 5.21. The van der Waals surface area contributed by atoms with Crippen LogP contribution in [0, 0.1) is 0 Å². The smallest absolute Gasteiger partial charge is 0.0670 e. The number of anilines is 1. The van der Waals surface area contributed by atoms with E-state index in [1.807, 2.05) is 18.3 Å². The van der Waals surface area contributed by atoms with Crippen LogP contribution in [0.15, 0.2) is 72.9 Å². The molecule has 1 aliphatic rings. The minimum absolute atomic E-state index is 0.774. The molecule has 1 saturated heterocycles. The molecular formula is C24H23ClN4. The molecule has 0 aliphatic carbocycles. The van der Waals surface area contributed by atoms with Gasteiger partial charge in [-0.3, -0.25) is 10.00 Å². The number of rotatable bonds is 4. The Hall–Kier alpha value is -2.82. The number of piperazine rings is 1. The zero-order valence-corrected chi connectivity index (χ0v) is 16.9. The third kappa shape index (κ3) is 3.86. The van der Waals surface area contributed by atoms with Gasteiger partial charge in [-0.1, -0.05) is 48.0 Å². The van der Waals surface area contributed by atoms with Crippen LogP contribution in [-0.4, -0.2) is 41.3 Å². The molecule has 29 heavy (non-hydrogen) atoms. The second kappa shape index (κ2) is 7.90.